The number of anilines is 2. The first-order chi connectivity index (χ1) is 16.7. The second-order valence-electron chi connectivity index (χ2n) is 7.80. The quantitative estimate of drug-likeness (QED) is 0.286. The molecule has 0 spiro atoms. The lowest BCUT2D eigenvalue weighted by molar-refractivity contribution is 0.262. The number of benzene rings is 4. The van der Waals surface area contributed by atoms with Crippen molar-refractivity contribution < 1.29 is 14.3 Å². The summed E-state index contributed by atoms with van der Waals surface area (Å²) in [4.78, 5) is 12.3. The van der Waals surface area contributed by atoms with Crippen LogP contribution in [-0.4, -0.2) is 19.2 Å². The van der Waals surface area contributed by atoms with E-state index < -0.39 is 0 Å². The number of hydrogen-bond acceptors (Lipinski definition) is 3. The van der Waals surface area contributed by atoms with Crippen molar-refractivity contribution in [3.8, 4) is 11.5 Å². The zero-order valence-electron chi connectivity index (χ0n) is 18.9. The van der Waals surface area contributed by atoms with E-state index in [1.54, 1.807) is 0 Å². The molecule has 0 aliphatic rings. The minimum absolute atomic E-state index is 0.310. The highest BCUT2D eigenvalue weighted by Crippen LogP contribution is 2.18. The SMILES string of the molecule is O=C(Nc1ccc(OCCc2ccccc2)cc1)Nc1ccc(OCCc2ccccc2)cc1. The smallest absolute Gasteiger partial charge is 0.323 e. The third-order valence-electron chi connectivity index (χ3n) is 5.23. The van der Waals surface area contributed by atoms with Crippen LogP contribution in [0.5, 0.6) is 11.5 Å². The molecule has 34 heavy (non-hydrogen) atoms. The average Bonchev–Trinajstić information content (AvgIpc) is 2.87. The van der Waals surface area contributed by atoms with E-state index in [-0.39, 0.29) is 6.03 Å². The second-order valence-corrected chi connectivity index (χ2v) is 7.80. The van der Waals surface area contributed by atoms with E-state index in [9.17, 15) is 4.79 Å². The van der Waals surface area contributed by atoms with Gasteiger partial charge >= 0.3 is 6.03 Å². The first-order valence-corrected chi connectivity index (χ1v) is 11.4. The van der Waals surface area contributed by atoms with Crippen LogP contribution in [0.3, 0.4) is 0 Å². The molecule has 5 nitrogen and oxygen atoms in total. The Kier molecular flexibility index (Phi) is 8.17. The van der Waals surface area contributed by atoms with Crippen molar-refractivity contribution in [1.29, 1.82) is 0 Å². The number of amides is 2. The fourth-order valence-electron chi connectivity index (χ4n) is 3.43. The van der Waals surface area contributed by atoms with Crippen molar-refractivity contribution in [2.24, 2.45) is 0 Å². The summed E-state index contributed by atoms with van der Waals surface area (Å²) in [5.41, 5.74) is 3.86. The molecule has 4 aromatic carbocycles. The van der Waals surface area contributed by atoms with Crippen molar-refractivity contribution in [2.75, 3.05) is 23.8 Å². The van der Waals surface area contributed by atoms with Crippen LogP contribution in [0.1, 0.15) is 11.1 Å². The van der Waals surface area contributed by atoms with E-state index >= 15 is 0 Å². The Labute approximate surface area is 200 Å². The van der Waals surface area contributed by atoms with E-state index in [4.69, 9.17) is 9.47 Å². The molecule has 0 atom stereocenters. The summed E-state index contributed by atoms with van der Waals surface area (Å²) in [6.45, 7) is 1.20. The van der Waals surface area contributed by atoms with Gasteiger partial charge in [0.25, 0.3) is 0 Å². The Morgan fingerprint density at radius 2 is 0.912 bits per heavy atom. The minimum Gasteiger partial charge on any atom is -0.493 e. The molecule has 0 saturated heterocycles. The van der Waals surface area contributed by atoms with Gasteiger partial charge in [-0.05, 0) is 59.7 Å². The van der Waals surface area contributed by atoms with Gasteiger partial charge in [0, 0.05) is 24.2 Å². The molecule has 0 aliphatic carbocycles. The molecule has 0 saturated carbocycles. The molecule has 172 valence electrons. The molecule has 0 aromatic heterocycles. The monoisotopic (exact) mass is 452 g/mol. The number of carbonyl (C=O) groups excluding carboxylic acids is 1. The molecule has 0 aliphatic heterocycles. The highest BCUT2D eigenvalue weighted by molar-refractivity contribution is 5.99. The Balaban J connectivity index is 1.18. The molecule has 4 rings (SSSR count). The maximum Gasteiger partial charge on any atom is 0.323 e. The number of nitrogens with one attached hydrogen (secondary N) is 2. The van der Waals surface area contributed by atoms with E-state index in [2.05, 4.69) is 34.9 Å². The van der Waals surface area contributed by atoms with Gasteiger partial charge in [-0.15, -0.1) is 0 Å². The maximum atomic E-state index is 12.3. The molecule has 5 heteroatoms. The zero-order valence-corrected chi connectivity index (χ0v) is 18.9. The highest BCUT2D eigenvalue weighted by atomic mass is 16.5. The lowest BCUT2D eigenvalue weighted by Crippen LogP contribution is -2.19. The van der Waals surface area contributed by atoms with Gasteiger partial charge in [0.1, 0.15) is 11.5 Å². The topological polar surface area (TPSA) is 59.6 Å². The predicted molar refractivity (Wildman–Crippen MR) is 137 cm³/mol. The molecule has 4 aromatic rings. The van der Waals surface area contributed by atoms with Crippen molar-refractivity contribution >= 4 is 17.4 Å². The van der Waals surface area contributed by atoms with E-state index in [0.717, 1.165) is 24.3 Å². The minimum atomic E-state index is -0.310. The van der Waals surface area contributed by atoms with Gasteiger partial charge in [-0.3, -0.25) is 0 Å². The highest BCUT2D eigenvalue weighted by Gasteiger charge is 2.04. The lowest BCUT2D eigenvalue weighted by Gasteiger charge is -2.10. The fourth-order valence-corrected chi connectivity index (χ4v) is 3.43. The Morgan fingerprint density at radius 1 is 0.529 bits per heavy atom. The molecule has 0 bridgehead atoms. The van der Waals surface area contributed by atoms with Gasteiger partial charge in [0.15, 0.2) is 0 Å². The van der Waals surface area contributed by atoms with Crippen LogP contribution in [0.4, 0.5) is 16.2 Å². The van der Waals surface area contributed by atoms with Crippen LogP contribution in [0, 0.1) is 0 Å². The van der Waals surface area contributed by atoms with Crippen molar-refractivity contribution in [3.05, 3.63) is 120 Å². The number of rotatable bonds is 10. The number of ether oxygens (including phenoxy) is 2. The summed E-state index contributed by atoms with van der Waals surface area (Å²) in [6, 6.07) is 34.8. The van der Waals surface area contributed by atoms with Crippen molar-refractivity contribution in [1.82, 2.24) is 0 Å². The lowest BCUT2D eigenvalue weighted by atomic mass is 10.2. The predicted octanol–water partition coefficient (Wildman–Crippen LogP) is 6.57. The van der Waals surface area contributed by atoms with Crippen LogP contribution in [0.15, 0.2) is 109 Å². The molecule has 0 heterocycles. The maximum absolute atomic E-state index is 12.3. The molecule has 0 radical (unpaired) electrons. The Hall–Kier alpha value is -4.25. The molecule has 0 fully saturated rings. The fraction of sp³-hybridized carbons (Fsp3) is 0.138. The van der Waals surface area contributed by atoms with Gasteiger partial charge in [-0.2, -0.15) is 0 Å². The largest absolute Gasteiger partial charge is 0.493 e. The number of urea groups is 1. The van der Waals surface area contributed by atoms with Gasteiger partial charge in [0.2, 0.25) is 0 Å². The first kappa shape index (κ1) is 22.9. The van der Waals surface area contributed by atoms with Gasteiger partial charge in [0.05, 0.1) is 13.2 Å². The van der Waals surface area contributed by atoms with E-state index in [0.29, 0.717) is 24.6 Å². The summed E-state index contributed by atoms with van der Waals surface area (Å²) >= 11 is 0. The Bertz CT molecular complexity index is 1050. The molecule has 2 amide bonds. The molecule has 0 unspecified atom stereocenters. The molecular formula is C29H28N2O3. The van der Waals surface area contributed by atoms with Gasteiger partial charge in [-0.25, -0.2) is 4.79 Å². The number of hydrogen-bond donors (Lipinski definition) is 2. The van der Waals surface area contributed by atoms with E-state index in [1.807, 2.05) is 84.9 Å². The summed E-state index contributed by atoms with van der Waals surface area (Å²) in [7, 11) is 0. The van der Waals surface area contributed by atoms with Crippen molar-refractivity contribution in [3.63, 3.8) is 0 Å². The van der Waals surface area contributed by atoms with Crippen LogP contribution in [0.2, 0.25) is 0 Å². The Morgan fingerprint density at radius 3 is 1.29 bits per heavy atom. The summed E-state index contributed by atoms with van der Waals surface area (Å²) in [5, 5.41) is 5.66. The second kappa shape index (κ2) is 12.1. The normalized spacial score (nSPS) is 10.4. The third-order valence-corrected chi connectivity index (χ3v) is 5.23. The van der Waals surface area contributed by atoms with E-state index in [1.165, 1.54) is 11.1 Å². The van der Waals surface area contributed by atoms with Gasteiger partial charge < -0.3 is 20.1 Å². The first-order valence-electron chi connectivity index (χ1n) is 11.4. The summed E-state index contributed by atoms with van der Waals surface area (Å²) in [6.07, 6.45) is 1.69. The summed E-state index contributed by atoms with van der Waals surface area (Å²) in [5.74, 6) is 1.54. The van der Waals surface area contributed by atoms with Crippen LogP contribution < -0.4 is 20.1 Å². The zero-order chi connectivity index (χ0) is 23.4. The van der Waals surface area contributed by atoms with Crippen LogP contribution >= 0.6 is 0 Å². The molecular weight excluding hydrogens is 424 g/mol. The van der Waals surface area contributed by atoms with Crippen molar-refractivity contribution in [2.45, 2.75) is 12.8 Å². The standard InChI is InChI=1S/C29H28N2O3/c32-29(30-25-11-15-27(16-12-25)33-21-19-23-7-3-1-4-8-23)31-26-13-17-28(18-14-26)34-22-20-24-9-5-2-6-10-24/h1-18H,19-22H2,(H2,30,31,32). The molecule has 2 N–H and O–H groups in total. The third kappa shape index (κ3) is 7.41. The summed E-state index contributed by atoms with van der Waals surface area (Å²) < 4.78 is 11.6. The van der Waals surface area contributed by atoms with Crippen LogP contribution in [0.25, 0.3) is 0 Å². The van der Waals surface area contributed by atoms with Gasteiger partial charge in [-0.1, -0.05) is 60.7 Å². The van der Waals surface area contributed by atoms with Crippen LogP contribution in [-0.2, 0) is 12.8 Å². The number of carbonyl (C=O) groups is 1. The average molecular weight is 453 g/mol.